The van der Waals surface area contributed by atoms with Crippen molar-refractivity contribution >= 4 is 22.9 Å². The van der Waals surface area contributed by atoms with Crippen molar-refractivity contribution in [1.82, 2.24) is 20.3 Å². The summed E-state index contributed by atoms with van der Waals surface area (Å²) in [6, 6.07) is 7.44. The Hall–Kier alpha value is -2.80. The van der Waals surface area contributed by atoms with Crippen LogP contribution in [0.4, 0.5) is 5.69 Å². The van der Waals surface area contributed by atoms with Crippen molar-refractivity contribution in [3.05, 3.63) is 58.9 Å². The lowest BCUT2D eigenvalue weighted by atomic mass is 10.2. The van der Waals surface area contributed by atoms with Gasteiger partial charge in [-0.2, -0.15) is 0 Å². The number of nitrogens with one attached hydrogen (secondary N) is 1. The number of carbonyl (C=O) groups excluding carboxylic acids is 1. The van der Waals surface area contributed by atoms with Crippen LogP contribution >= 0.6 is 11.3 Å². The molecule has 0 aliphatic carbocycles. The maximum absolute atomic E-state index is 12.2. The zero-order valence-corrected chi connectivity index (χ0v) is 14.2. The van der Waals surface area contributed by atoms with Crippen LogP contribution in [-0.4, -0.2) is 35.0 Å². The first-order chi connectivity index (χ1) is 11.6. The molecule has 0 spiro atoms. The van der Waals surface area contributed by atoms with Gasteiger partial charge in [0.05, 0.1) is 12.2 Å². The number of anilines is 1. The van der Waals surface area contributed by atoms with Gasteiger partial charge in [0.1, 0.15) is 10.7 Å². The quantitative estimate of drug-likeness (QED) is 0.774. The molecule has 0 aliphatic heterocycles. The lowest BCUT2D eigenvalue weighted by molar-refractivity contribution is 0.0946. The number of carbonyl (C=O) groups is 1. The van der Waals surface area contributed by atoms with Crippen LogP contribution in [-0.2, 0) is 6.54 Å². The van der Waals surface area contributed by atoms with Crippen LogP contribution in [0.15, 0.2) is 48.2 Å². The summed E-state index contributed by atoms with van der Waals surface area (Å²) in [5, 5.41) is 5.68. The fraction of sp³-hybridized carbons (Fsp3) is 0.176. The zero-order chi connectivity index (χ0) is 16.9. The monoisotopic (exact) mass is 339 g/mol. The van der Waals surface area contributed by atoms with Crippen molar-refractivity contribution in [2.24, 2.45) is 0 Å². The van der Waals surface area contributed by atoms with Gasteiger partial charge in [0.15, 0.2) is 0 Å². The SMILES string of the molecule is CN(C)c1ccnc(C(=O)NCc2nc(-c3ccncc3)cs2)c1. The first-order valence-electron chi connectivity index (χ1n) is 7.40. The van der Waals surface area contributed by atoms with Gasteiger partial charge in [-0.15, -0.1) is 11.3 Å². The highest BCUT2D eigenvalue weighted by molar-refractivity contribution is 7.09. The predicted octanol–water partition coefficient (Wildman–Crippen LogP) is 2.60. The molecule has 3 heterocycles. The molecule has 3 aromatic heterocycles. The molecule has 0 unspecified atom stereocenters. The second kappa shape index (κ2) is 7.18. The van der Waals surface area contributed by atoms with Crippen LogP contribution in [0.3, 0.4) is 0 Å². The van der Waals surface area contributed by atoms with E-state index in [2.05, 4.69) is 20.3 Å². The first kappa shape index (κ1) is 16.1. The van der Waals surface area contributed by atoms with Gasteiger partial charge in [0.2, 0.25) is 0 Å². The summed E-state index contributed by atoms with van der Waals surface area (Å²) in [7, 11) is 3.85. The normalized spacial score (nSPS) is 10.4. The summed E-state index contributed by atoms with van der Waals surface area (Å²) in [6.07, 6.45) is 5.11. The lowest BCUT2D eigenvalue weighted by Gasteiger charge is -2.12. The third-order valence-corrected chi connectivity index (χ3v) is 4.27. The van der Waals surface area contributed by atoms with Gasteiger partial charge < -0.3 is 10.2 Å². The number of hydrogen-bond acceptors (Lipinski definition) is 6. The van der Waals surface area contributed by atoms with E-state index >= 15 is 0 Å². The second-order valence-corrected chi connectivity index (χ2v) is 6.28. The van der Waals surface area contributed by atoms with Gasteiger partial charge in [0, 0.05) is 49.3 Å². The lowest BCUT2D eigenvalue weighted by Crippen LogP contribution is -2.24. The molecule has 0 saturated carbocycles. The molecule has 1 N–H and O–H groups in total. The summed E-state index contributed by atoms with van der Waals surface area (Å²) < 4.78 is 0. The van der Waals surface area contributed by atoms with E-state index in [4.69, 9.17) is 0 Å². The molecule has 0 radical (unpaired) electrons. The molecule has 0 saturated heterocycles. The summed E-state index contributed by atoms with van der Waals surface area (Å²) in [5.74, 6) is -0.209. The van der Waals surface area contributed by atoms with E-state index in [9.17, 15) is 4.79 Å². The number of thiazole rings is 1. The average Bonchev–Trinajstić information content (AvgIpc) is 3.09. The van der Waals surface area contributed by atoms with Crippen LogP contribution in [0.25, 0.3) is 11.3 Å². The van der Waals surface area contributed by atoms with E-state index in [1.54, 1.807) is 24.7 Å². The van der Waals surface area contributed by atoms with Gasteiger partial charge >= 0.3 is 0 Å². The molecule has 0 aromatic carbocycles. The van der Waals surface area contributed by atoms with Gasteiger partial charge in [-0.05, 0) is 24.3 Å². The van der Waals surface area contributed by atoms with E-state index in [-0.39, 0.29) is 5.91 Å². The standard InChI is InChI=1S/C17H17N5OS/c1-22(2)13-5-8-19-14(9-13)17(23)20-10-16-21-15(11-24-16)12-3-6-18-7-4-12/h3-9,11H,10H2,1-2H3,(H,20,23). The number of aromatic nitrogens is 3. The molecule has 0 fully saturated rings. The maximum Gasteiger partial charge on any atom is 0.270 e. The maximum atomic E-state index is 12.2. The summed E-state index contributed by atoms with van der Waals surface area (Å²) in [6.45, 7) is 0.377. The molecule has 6 nitrogen and oxygen atoms in total. The number of pyridine rings is 2. The molecule has 0 atom stereocenters. The minimum atomic E-state index is -0.209. The molecular formula is C17H17N5OS. The summed E-state index contributed by atoms with van der Waals surface area (Å²) in [4.78, 5) is 26.8. The highest BCUT2D eigenvalue weighted by Crippen LogP contribution is 2.21. The molecule has 3 aromatic rings. The Balaban J connectivity index is 1.65. The van der Waals surface area contributed by atoms with E-state index in [1.165, 1.54) is 11.3 Å². The molecule has 7 heteroatoms. The Morgan fingerprint density at radius 2 is 2.00 bits per heavy atom. The molecular weight excluding hydrogens is 322 g/mol. The third kappa shape index (κ3) is 3.75. The van der Waals surface area contributed by atoms with E-state index in [0.29, 0.717) is 12.2 Å². The van der Waals surface area contributed by atoms with Crippen molar-refractivity contribution in [3.8, 4) is 11.3 Å². The number of nitrogens with zero attached hydrogens (tertiary/aromatic N) is 4. The summed E-state index contributed by atoms with van der Waals surface area (Å²) >= 11 is 1.51. The second-order valence-electron chi connectivity index (χ2n) is 5.34. The Bertz CT molecular complexity index is 832. The van der Waals surface area contributed by atoms with Crippen LogP contribution in [0.1, 0.15) is 15.5 Å². The molecule has 24 heavy (non-hydrogen) atoms. The highest BCUT2D eigenvalue weighted by Gasteiger charge is 2.10. The smallest absolute Gasteiger partial charge is 0.270 e. The molecule has 1 amide bonds. The number of amides is 1. The van der Waals surface area contributed by atoms with Crippen LogP contribution in [0.2, 0.25) is 0 Å². The van der Waals surface area contributed by atoms with Crippen molar-refractivity contribution in [1.29, 1.82) is 0 Å². The van der Waals surface area contributed by atoms with Gasteiger partial charge in [-0.25, -0.2) is 4.98 Å². The fourth-order valence-corrected chi connectivity index (χ4v) is 2.86. The number of hydrogen-bond donors (Lipinski definition) is 1. The largest absolute Gasteiger partial charge is 0.378 e. The first-order valence-corrected chi connectivity index (χ1v) is 8.28. The zero-order valence-electron chi connectivity index (χ0n) is 13.4. The Kier molecular flexibility index (Phi) is 4.81. The topological polar surface area (TPSA) is 71.0 Å². The van der Waals surface area contributed by atoms with Crippen molar-refractivity contribution in [3.63, 3.8) is 0 Å². The van der Waals surface area contributed by atoms with Gasteiger partial charge in [-0.3, -0.25) is 14.8 Å². The van der Waals surface area contributed by atoms with Gasteiger partial charge in [-0.1, -0.05) is 0 Å². The predicted molar refractivity (Wildman–Crippen MR) is 95.1 cm³/mol. The van der Waals surface area contributed by atoms with E-state index in [1.807, 2.05) is 42.6 Å². The van der Waals surface area contributed by atoms with Crippen LogP contribution in [0.5, 0.6) is 0 Å². The average molecular weight is 339 g/mol. The van der Waals surface area contributed by atoms with E-state index in [0.717, 1.165) is 22.0 Å². The number of rotatable bonds is 5. The minimum absolute atomic E-state index is 0.209. The summed E-state index contributed by atoms with van der Waals surface area (Å²) in [5.41, 5.74) is 3.23. The highest BCUT2D eigenvalue weighted by atomic mass is 32.1. The molecule has 0 aliphatic rings. The van der Waals surface area contributed by atoms with Crippen molar-refractivity contribution in [2.75, 3.05) is 19.0 Å². The van der Waals surface area contributed by atoms with E-state index < -0.39 is 0 Å². The third-order valence-electron chi connectivity index (χ3n) is 3.42. The molecule has 3 rings (SSSR count). The minimum Gasteiger partial charge on any atom is -0.378 e. The van der Waals surface area contributed by atoms with Crippen molar-refractivity contribution < 1.29 is 4.79 Å². The van der Waals surface area contributed by atoms with Crippen LogP contribution < -0.4 is 10.2 Å². The van der Waals surface area contributed by atoms with Crippen molar-refractivity contribution in [2.45, 2.75) is 6.54 Å². The van der Waals surface area contributed by atoms with Gasteiger partial charge in [0.25, 0.3) is 5.91 Å². The Morgan fingerprint density at radius 1 is 1.21 bits per heavy atom. The Labute approximate surface area is 144 Å². The fourth-order valence-electron chi connectivity index (χ4n) is 2.12. The van der Waals surface area contributed by atoms with Crippen LogP contribution in [0, 0.1) is 0 Å². The Morgan fingerprint density at radius 3 is 2.75 bits per heavy atom. The molecule has 122 valence electrons. The molecule has 0 bridgehead atoms.